The average Bonchev–Trinajstić information content (AvgIpc) is 2.84. The van der Waals surface area contributed by atoms with Gasteiger partial charge in [0.2, 0.25) is 5.91 Å². The summed E-state index contributed by atoms with van der Waals surface area (Å²) in [5.74, 6) is -0.0357. The summed E-state index contributed by atoms with van der Waals surface area (Å²) in [4.78, 5) is 27.0. The van der Waals surface area contributed by atoms with Crippen molar-refractivity contribution in [2.24, 2.45) is 0 Å². The minimum absolute atomic E-state index is 0.0629. The maximum atomic E-state index is 12.7. The third-order valence-corrected chi connectivity index (χ3v) is 5.85. The number of benzene rings is 3. The first-order valence-corrected chi connectivity index (χ1v) is 11.1. The summed E-state index contributed by atoms with van der Waals surface area (Å²) < 4.78 is 0. The van der Waals surface area contributed by atoms with Crippen molar-refractivity contribution < 1.29 is 9.59 Å². The fraction of sp³-hybridized carbons (Fsp3) is 0.214. The second-order valence-electron chi connectivity index (χ2n) is 8.27. The van der Waals surface area contributed by atoms with E-state index in [1.54, 1.807) is 6.08 Å². The van der Waals surface area contributed by atoms with Gasteiger partial charge < -0.3 is 10.2 Å². The molecule has 4 heteroatoms. The SMILES string of the molecule is Cc1ccc(C(=O)N2CCC(NC(=O)/C=C/c3cccc(-c4ccccc4)c3)CC2)cc1. The highest BCUT2D eigenvalue weighted by molar-refractivity contribution is 5.94. The van der Waals surface area contributed by atoms with Gasteiger partial charge in [-0.1, -0.05) is 66.2 Å². The van der Waals surface area contributed by atoms with Crippen molar-refractivity contribution in [2.45, 2.75) is 25.8 Å². The van der Waals surface area contributed by atoms with Gasteiger partial charge in [-0.05, 0) is 60.7 Å². The van der Waals surface area contributed by atoms with E-state index >= 15 is 0 Å². The molecule has 1 N–H and O–H groups in total. The van der Waals surface area contributed by atoms with Crippen molar-refractivity contribution in [1.82, 2.24) is 10.2 Å². The van der Waals surface area contributed by atoms with Crippen molar-refractivity contribution in [3.8, 4) is 11.1 Å². The molecule has 1 heterocycles. The standard InChI is InChI=1S/C28H28N2O2/c1-21-10-13-24(14-11-21)28(32)30-18-16-26(17-19-30)29-27(31)15-12-22-6-5-9-25(20-22)23-7-3-2-4-8-23/h2-15,20,26H,16-19H2,1H3,(H,29,31)/b15-12+. The van der Waals surface area contributed by atoms with Crippen LogP contribution in [0.25, 0.3) is 17.2 Å². The van der Waals surface area contributed by atoms with Crippen LogP contribution < -0.4 is 5.32 Å². The number of nitrogens with zero attached hydrogens (tertiary/aromatic N) is 1. The van der Waals surface area contributed by atoms with Crippen molar-refractivity contribution in [2.75, 3.05) is 13.1 Å². The molecule has 1 fully saturated rings. The molecule has 0 atom stereocenters. The van der Waals surface area contributed by atoms with Crippen LogP contribution in [0.1, 0.15) is 34.3 Å². The Balaban J connectivity index is 1.28. The lowest BCUT2D eigenvalue weighted by molar-refractivity contribution is -0.117. The fourth-order valence-electron chi connectivity index (χ4n) is 3.98. The monoisotopic (exact) mass is 424 g/mol. The second kappa shape index (κ2) is 10.1. The molecule has 2 amide bonds. The van der Waals surface area contributed by atoms with Crippen LogP contribution in [0.4, 0.5) is 0 Å². The molecule has 0 spiro atoms. The van der Waals surface area contributed by atoms with E-state index in [1.807, 2.05) is 72.5 Å². The predicted molar refractivity (Wildman–Crippen MR) is 129 cm³/mol. The number of rotatable bonds is 5. The van der Waals surface area contributed by atoms with Gasteiger partial charge in [-0.15, -0.1) is 0 Å². The molecule has 0 saturated carbocycles. The highest BCUT2D eigenvalue weighted by Crippen LogP contribution is 2.20. The smallest absolute Gasteiger partial charge is 0.253 e. The number of aryl methyl sites for hydroxylation is 1. The lowest BCUT2D eigenvalue weighted by Gasteiger charge is -2.32. The van der Waals surface area contributed by atoms with Crippen molar-refractivity contribution in [1.29, 1.82) is 0 Å². The molecule has 1 aliphatic heterocycles. The molecule has 0 unspecified atom stereocenters. The van der Waals surface area contributed by atoms with Crippen LogP contribution >= 0.6 is 0 Å². The van der Waals surface area contributed by atoms with Crippen LogP contribution in [-0.2, 0) is 4.79 Å². The Morgan fingerprint density at radius 1 is 0.875 bits per heavy atom. The van der Waals surface area contributed by atoms with E-state index in [9.17, 15) is 9.59 Å². The Morgan fingerprint density at radius 3 is 2.28 bits per heavy atom. The zero-order valence-electron chi connectivity index (χ0n) is 18.3. The highest BCUT2D eigenvalue weighted by atomic mass is 16.2. The van der Waals surface area contributed by atoms with Crippen LogP contribution in [0.2, 0.25) is 0 Å². The van der Waals surface area contributed by atoms with E-state index in [0.29, 0.717) is 13.1 Å². The molecule has 4 nitrogen and oxygen atoms in total. The van der Waals surface area contributed by atoms with Gasteiger partial charge in [0.1, 0.15) is 0 Å². The summed E-state index contributed by atoms with van der Waals surface area (Å²) in [6, 6.07) is 26.1. The van der Waals surface area contributed by atoms with E-state index in [1.165, 1.54) is 0 Å². The van der Waals surface area contributed by atoms with Crippen LogP contribution in [0.15, 0.2) is 84.9 Å². The maximum Gasteiger partial charge on any atom is 0.253 e. The summed E-state index contributed by atoms with van der Waals surface area (Å²) >= 11 is 0. The van der Waals surface area contributed by atoms with Crippen molar-refractivity contribution in [3.05, 3.63) is 102 Å². The van der Waals surface area contributed by atoms with Crippen LogP contribution in [-0.4, -0.2) is 35.8 Å². The van der Waals surface area contributed by atoms with Gasteiger partial charge in [0.15, 0.2) is 0 Å². The van der Waals surface area contributed by atoms with Crippen LogP contribution in [0, 0.1) is 6.92 Å². The number of likely N-dealkylation sites (tertiary alicyclic amines) is 1. The second-order valence-corrected chi connectivity index (χ2v) is 8.27. The maximum absolute atomic E-state index is 12.7. The topological polar surface area (TPSA) is 49.4 Å². The average molecular weight is 425 g/mol. The number of nitrogens with one attached hydrogen (secondary N) is 1. The molecule has 0 radical (unpaired) electrons. The Hall–Kier alpha value is -3.66. The fourth-order valence-corrected chi connectivity index (χ4v) is 3.98. The van der Waals surface area contributed by atoms with Gasteiger partial charge >= 0.3 is 0 Å². The molecule has 3 aromatic rings. The Kier molecular flexibility index (Phi) is 6.81. The van der Waals surface area contributed by atoms with Gasteiger partial charge in [-0.25, -0.2) is 0 Å². The Morgan fingerprint density at radius 2 is 1.56 bits per heavy atom. The number of amides is 2. The summed E-state index contributed by atoms with van der Waals surface area (Å²) in [7, 11) is 0. The van der Waals surface area contributed by atoms with Gasteiger partial charge in [-0.3, -0.25) is 9.59 Å². The molecule has 4 rings (SSSR count). The Bertz CT molecular complexity index is 1100. The molecule has 0 aliphatic carbocycles. The van der Waals surface area contributed by atoms with Gasteiger partial charge in [0.05, 0.1) is 0 Å². The number of piperidine rings is 1. The van der Waals surface area contributed by atoms with Crippen LogP contribution in [0.3, 0.4) is 0 Å². The summed E-state index contributed by atoms with van der Waals surface area (Å²) in [6.07, 6.45) is 4.97. The molecule has 32 heavy (non-hydrogen) atoms. The quantitative estimate of drug-likeness (QED) is 0.580. The molecule has 0 aromatic heterocycles. The van der Waals surface area contributed by atoms with Gasteiger partial charge in [0, 0.05) is 30.8 Å². The largest absolute Gasteiger partial charge is 0.350 e. The molecular weight excluding hydrogens is 396 g/mol. The van der Waals surface area contributed by atoms with E-state index in [-0.39, 0.29) is 17.9 Å². The molecule has 162 valence electrons. The highest BCUT2D eigenvalue weighted by Gasteiger charge is 2.24. The number of carbonyl (C=O) groups is 2. The first kappa shape index (κ1) is 21.6. The normalized spacial score (nSPS) is 14.5. The molecule has 3 aromatic carbocycles. The van der Waals surface area contributed by atoms with Gasteiger partial charge in [-0.2, -0.15) is 0 Å². The summed E-state index contributed by atoms with van der Waals surface area (Å²) in [5.41, 5.74) is 5.12. The number of hydrogen-bond acceptors (Lipinski definition) is 2. The van der Waals surface area contributed by atoms with Crippen LogP contribution in [0.5, 0.6) is 0 Å². The molecular formula is C28H28N2O2. The predicted octanol–water partition coefficient (Wildman–Crippen LogP) is 5.10. The Labute approximate surface area is 189 Å². The summed E-state index contributed by atoms with van der Waals surface area (Å²) in [5, 5.41) is 3.08. The lowest BCUT2D eigenvalue weighted by atomic mass is 10.0. The van der Waals surface area contributed by atoms with Crippen molar-refractivity contribution >= 4 is 17.9 Å². The minimum Gasteiger partial charge on any atom is -0.350 e. The third-order valence-electron chi connectivity index (χ3n) is 5.85. The zero-order chi connectivity index (χ0) is 22.3. The van der Waals surface area contributed by atoms with E-state index in [0.717, 1.165) is 40.7 Å². The first-order chi connectivity index (χ1) is 15.6. The molecule has 1 saturated heterocycles. The number of carbonyl (C=O) groups excluding carboxylic acids is 2. The zero-order valence-corrected chi connectivity index (χ0v) is 18.3. The van der Waals surface area contributed by atoms with E-state index in [2.05, 4.69) is 29.6 Å². The van der Waals surface area contributed by atoms with Gasteiger partial charge in [0.25, 0.3) is 5.91 Å². The van der Waals surface area contributed by atoms with E-state index < -0.39 is 0 Å². The minimum atomic E-state index is -0.0987. The number of hydrogen-bond donors (Lipinski definition) is 1. The lowest BCUT2D eigenvalue weighted by Crippen LogP contribution is -2.46. The van der Waals surface area contributed by atoms with Crippen molar-refractivity contribution in [3.63, 3.8) is 0 Å². The summed E-state index contributed by atoms with van der Waals surface area (Å²) in [6.45, 7) is 3.32. The van der Waals surface area contributed by atoms with E-state index in [4.69, 9.17) is 0 Å². The first-order valence-electron chi connectivity index (χ1n) is 11.1. The molecule has 0 bridgehead atoms. The molecule has 1 aliphatic rings. The third kappa shape index (κ3) is 5.52.